The van der Waals surface area contributed by atoms with Crippen LogP contribution < -0.4 is 0 Å². The average molecular weight is 100 g/mol. The van der Waals surface area contributed by atoms with Crippen molar-refractivity contribution in [3.05, 3.63) is 24.7 Å². The summed E-state index contributed by atoms with van der Waals surface area (Å²) in [4.78, 5) is 0. The number of hydrogen-bond acceptors (Lipinski definition) is 2. The Labute approximate surface area is 42.7 Å². The van der Waals surface area contributed by atoms with Crippen LogP contribution >= 0.6 is 0 Å². The van der Waals surface area contributed by atoms with Crippen LogP contribution in [0.5, 0.6) is 0 Å². The lowest BCUT2D eigenvalue weighted by Crippen LogP contribution is -1.60. The molecule has 0 rings (SSSR count). The predicted octanol–water partition coefficient (Wildman–Crippen LogP) is 1.22. The van der Waals surface area contributed by atoms with E-state index in [-0.39, 0.29) is 0 Å². The second-order valence-corrected chi connectivity index (χ2v) is 0.906. The van der Waals surface area contributed by atoms with Gasteiger partial charge in [0.15, 0.2) is 0 Å². The largest absolute Gasteiger partial charge is 0.516 e. The zero-order valence-corrected chi connectivity index (χ0v) is 4.16. The van der Waals surface area contributed by atoms with Gasteiger partial charge in [-0.3, -0.25) is 0 Å². The van der Waals surface area contributed by atoms with Gasteiger partial charge in [-0.1, -0.05) is 0 Å². The van der Waals surface area contributed by atoms with Crippen LogP contribution in [0.3, 0.4) is 0 Å². The highest BCUT2D eigenvalue weighted by Crippen LogP contribution is 1.72. The van der Waals surface area contributed by atoms with Gasteiger partial charge in [0.1, 0.15) is 0 Å². The molecule has 2 heteroatoms. The predicted molar refractivity (Wildman–Crippen MR) is 27.9 cm³/mol. The summed E-state index contributed by atoms with van der Waals surface area (Å²) in [5.41, 5.74) is 0. The van der Waals surface area contributed by atoms with Crippen LogP contribution in [-0.4, -0.2) is 12.2 Å². The van der Waals surface area contributed by atoms with Crippen LogP contribution in [0.2, 0.25) is 0 Å². The molecule has 0 aromatic heterocycles. The molecule has 0 aliphatic rings. The summed E-state index contributed by atoms with van der Waals surface area (Å²) in [7, 11) is 1.54. The zero-order chi connectivity index (χ0) is 5.54. The van der Waals surface area contributed by atoms with Crippen molar-refractivity contribution in [3.63, 3.8) is 0 Å². The smallest absolute Gasteiger partial charge is 0.0825 e. The average Bonchev–Trinajstić information content (AvgIpc) is 1.69. The van der Waals surface area contributed by atoms with Gasteiger partial charge in [-0.15, -0.1) is 0 Å². The summed E-state index contributed by atoms with van der Waals surface area (Å²) >= 11 is 0. The number of methoxy groups -OCH3 is 1. The number of rotatable bonds is 2. The van der Waals surface area contributed by atoms with Crippen molar-refractivity contribution in [1.29, 1.82) is 0 Å². The fourth-order valence-corrected chi connectivity index (χ4v) is 0.174. The van der Waals surface area contributed by atoms with Gasteiger partial charge >= 0.3 is 0 Å². The van der Waals surface area contributed by atoms with E-state index in [1.165, 1.54) is 12.3 Å². The lowest BCUT2D eigenvalue weighted by atomic mass is 10.6. The van der Waals surface area contributed by atoms with Gasteiger partial charge < -0.3 is 9.84 Å². The van der Waals surface area contributed by atoms with Crippen LogP contribution in [0.1, 0.15) is 0 Å². The van der Waals surface area contributed by atoms with Crippen molar-refractivity contribution in [2.75, 3.05) is 7.11 Å². The van der Waals surface area contributed by atoms with E-state index in [0.29, 0.717) is 0 Å². The Morgan fingerprint density at radius 2 is 2.14 bits per heavy atom. The third-order valence-corrected chi connectivity index (χ3v) is 0.412. The minimum atomic E-state index is 0.940. The third-order valence-electron chi connectivity index (χ3n) is 0.412. The third kappa shape index (κ3) is 5.08. The summed E-state index contributed by atoms with van der Waals surface area (Å²) in [5, 5.41) is 8.01. The molecular formula is C5H8O2. The molecule has 0 aromatic carbocycles. The molecule has 0 spiro atoms. The molecule has 0 saturated carbocycles. The van der Waals surface area contributed by atoms with E-state index < -0.39 is 0 Å². The molecule has 0 saturated heterocycles. The van der Waals surface area contributed by atoms with E-state index in [1.807, 2.05) is 0 Å². The van der Waals surface area contributed by atoms with Crippen LogP contribution in [0.15, 0.2) is 24.7 Å². The van der Waals surface area contributed by atoms with Crippen LogP contribution in [0, 0.1) is 0 Å². The van der Waals surface area contributed by atoms with E-state index in [1.54, 1.807) is 13.2 Å². The second kappa shape index (κ2) is 5.08. The molecule has 0 atom stereocenters. The maximum Gasteiger partial charge on any atom is 0.0825 e. The first-order chi connectivity index (χ1) is 3.41. The van der Waals surface area contributed by atoms with E-state index in [2.05, 4.69) is 4.74 Å². The maximum atomic E-state index is 8.01. The number of ether oxygens (including phenoxy) is 1. The van der Waals surface area contributed by atoms with Crippen LogP contribution in [-0.2, 0) is 4.74 Å². The highest BCUT2D eigenvalue weighted by atomic mass is 16.5. The van der Waals surface area contributed by atoms with E-state index >= 15 is 0 Å². The standard InChI is InChI=1S/C5H8O2/c1-7-5-3-2-4-6/h2-6H,1H3/b4-2+,5-3+. The summed E-state index contributed by atoms with van der Waals surface area (Å²) in [6, 6.07) is 0. The number of aliphatic hydroxyl groups is 1. The fourth-order valence-electron chi connectivity index (χ4n) is 0.174. The normalized spacial score (nSPS) is 11.0. The van der Waals surface area contributed by atoms with Gasteiger partial charge in [0.2, 0.25) is 0 Å². The van der Waals surface area contributed by atoms with Crippen molar-refractivity contribution < 1.29 is 9.84 Å². The Bertz CT molecular complexity index is 74.1. The number of allylic oxidation sites excluding steroid dienone is 2. The Morgan fingerprint density at radius 1 is 1.43 bits per heavy atom. The molecular weight excluding hydrogens is 92.1 g/mol. The molecule has 7 heavy (non-hydrogen) atoms. The molecule has 0 bridgehead atoms. The van der Waals surface area contributed by atoms with Gasteiger partial charge in [0, 0.05) is 0 Å². The summed E-state index contributed by atoms with van der Waals surface area (Å²) < 4.78 is 4.50. The Kier molecular flexibility index (Phi) is 4.41. The van der Waals surface area contributed by atoms with Crippen molar-refractivity contribution >= 4 is 0 Å². The van der Waals surface area contributed by atoms with Crippen molar-refractivity contribution in [2.45, 2.75) is 0 Å². The van der Waals surface area contributed by atoms with E-state index in [4.69, 9.17) is 5.11 Å². The molecule has 0 heterocycles. The summed E-state index contributed by atoms with van der Waals surface area (Å²) in [5.74, 6) is 0. The summed E-state index contributed by atoms with van der Waals surface area (Å²) in [6.45, 7) is 0. The number of aliphatic hydroxyl groups excluding tert-OH is 1. The molecule has 1 N–H and O–H groups in total. The lowest BCUT2D eigenvalue weighted by Gasteiger charge is -1.78. The Balaban J connectivity index is 3.09. The molecule has 0 amide bonds. The SMILES string of the molecule is CO/C=C/C=C/O. The van der Waals surface area contributed by atoms with Gasteiger partial charge in [-0.2, -0.15) is 0 Å². The number of hydrogen-bond donors (Lipinski definition) is 1. The van der Waals surface area contributed by atoms with Gasteiger partial charge in [0.25, 0.3) is 0 Å². The van der Waals surface area contributed by atoms with Crippen molar-refractivity contribution in [2.24, 2.45) is 0 Å². The topological polar surface area (TPSA) is 29.5 Å². The summed E-state index contributed by atoms with van der Waals surface area (Å²) in [6.07, 6.45) is 5.45. The van der Waals surface area contributed by atoms with Crippen LogP contribution in [0.4, 0.5) is 0 Å². The first-order valence-corrected chi connectivity index (χ1v) is 1.90. The monoisotopic (exact) mass is 100 g/mol. The second-order valence-electron chi connectivity index (χ2n) is 0.906. The van der Waals surface area contributed by atoms with Crippen molar-refractivity contribution in [1.82, 2.24) is 0 Å². The minimum absolute atomic E-state index is 0.940. The molecule has 0 aliphatic carbocycles. The van der Waals surface area contributed by atoms with E-state index in [9.17, 15) is 0 Å². The first kappa shape index (κ1) is 6.08. The molecule has 0 aliphatic heterocycles. The fraction of sp³-hybridized carbons (Fsp3) is 0.200. The first-order valence-electron chi connectivity index (χ1n) is 1.90. The Hall–Kier alpha value is -0.920. The Morgan fingerprint density at radius 3 is 2.57 bits per heavy atom. The molecule has 0 aromatic rings. The lowest BCUT2D eigenvalue weighted by molar-refractivity contribution is 0.338. The van der Waals surface area contributed by atoms with Crippen molar-refractivity contribution in [3.8, 4) is 0 Å². The molecule has 0 radical (unpaired) electrons. The molecule has 0 fully saturated rings. The van der Waals surface area contributed by atoms with Gasteiger partial charge in [-0.25, -0.2) is 0 Å². The van der Waals surface area contributed by atoms with Gasteiger partial charge in [-0.05, 0) is 12.2 Å². The molecule has 40 valence electrons. The van der Waals surface area contributed by atoms with Crippen LogP contribution in [0.25, 0.3) is 0 Å². The highest BCUT2D eigenvalue weighted by molar-refractivity contribution is 4.95. The quantitative estimate of drug-likeness (QED) is 0.417. The van der Waals surface area contributed by atoms with Gasteiger partial charge in [0.05, 0.1) is 19.6 Å². The zero-order valence-electron chi connectivity index (χ0n) is 4.16. The minimum Gasteiger partial charge on any atom is -0.516 e. The highest BCUT2D eigenvalue weighted by Gasteiger charge is 1.56. The van der Waals surface area contributed by atoms with E-state index in [0.717, 1.165) is 6.26 Å². The maximum absolute atomic E-state index is 8.01. The molecule has 2 nitrogen and oxygen atoms in total. The molecule has 0 unspecified atom stereocenters.